The molecule has 90 valence electrons. The lowest BCUT2D eigenvalue weighted by molar-refractivity contribution is 0.00578. The van der Waals surface area contributed by atoms with Gasteiger partial charge in [-0.2, -0.15) is 0 Å². The molecule has 1 fully saturated rings. The van der Waals surface area contributed by atoms with Gasteiger partial charge < -0.3 is 20.3 Å². The third-order valence-electron chi connectivity index (χ3n) is 2.79. The number of rotatable bonds is 8. The Morgan fingerprint density at radius 2 is 2.07 bits per heavy atom. The lowest BCUT2D eigenvalue weighted by Gasteiger charge is -2.17. The standard InChI is InChI=1S/C11H23NO3/c1-9(2)15-6-10(14)5-12-7-11(8-13)3-4-11/h9-10,12-14H,3-8H2,1-2H3. The molecule has 1 atom stereocenters. The molecule has 1 aliphatic rings. The molecule has 3 N–H and O–H groups in total. The molecule has 1 aliphatic carbocycles. The molecule has 1 rings (SSSR count). The van der Waals surface area contributed by atoms with Crippen molar-refractivity contribution in [3.8, 4) is 0 Å². The van der Waals surface area contributed by atoms with E-state index in [2.05, 4.69) is 5.32 Å². The van der Waals surface area contributed by atoms with Crippen LogP contribution in [0.3, 0.4) is 0 Å². The van der Waals surface area contributed by atoms with Crippen molar-refractivity contribution in [3.63, 3.8) is 0 Å². The van der Waals surface area contributed by atoms with Crippen LogP contribution in [0, 0.1) is 5.41 Å². The van der Waals surface area contributed by atoms with Gasteiger partial charge in [0.1, 0.15) is 0 Å². The number of aliphatic hydroxyl groups excluding tert-OH is 2. The van der Waals surface area contributed by atoms with Gasteiger partial charge in [-0.25, -0.2) is 0 Å². The van der Waals surface area contributed by atoms with Crippen molar-refractivity contribution in [2.75, 3.05) is 26.3 Å². The molecule has 1 saturated carbocycles. The minimum absolute atomic E-state index is 0.110. The van der Waals surface area contributed by atoms with Crippen LogP contribution in [0.1, 0.15) is 26.7 Å². The van der Waals surface area contributed by atoms with E-state index in [1.807, 2.05) is 13.8 Å². The summed E-state index contributed by atoms with van der Waals surface area (Å²) >= 11 is 0. The predicted molar refractivity (Wildman–Crippen MR) is 58.7 cm³/mol. The molecule has 0 heterocycles. The third kappa shape index (κ3) is 4.93. The molecule has 0 radical (unpaired) electrons. The smallest absolute Gasteiger partial charge is 0.0897 e. The first-order chi connectivity index (χ1) is 7.08. The van der Waals surface area contributed by atoms with Crippen LogP contribution in [0.2, 0.25) is 0 Å². The second-order valence-corrected chi connectivity index (χ2v) is 4.82. The number of nitrogens with one attached hydrogen (secondary N) is 1. The Hall–Kier alpha value is -0.160. The maximum absolute atomic E-state index is 9.54. The second-order valence-electron chi connectivity index (χ2n) is 4.82. The number of aliphatic hydroxyl groups is 2. The van der Waals surface area contributed by atoms with Gasteiger partial charge in [0.2, 0.25) is 0 Å². The topological polar surface area (TPSA) is 61.7 Å². The Labute approximate surface area is 91.6 Å². The summed E-state index contributed by atoms with van der Waals surface area (Å²) < 4.78 is 5.29. The van der Waals surface area contributed by atoms with Crippen molar-refractivity contribution in [1.29, 1.82) is 0 Å². The van der Waals surface area contributed by atoms with E-state index in [1.165, 1.54) is 0 Å². The zero-order chi connectivity index (χ0) is 11.3. The van der Waals surface area contributed by atoms with Crippen molar-refractivity contribution in [3.05, 3.63) is 0 Å². The van der Waals surface area contributed by atoms with Gasteiger partial charge in [0.25, 0.3) is 0 Å². The van der Waals surface area contributed by atoms with Crippen molar-refractivity contribution in [1.82, 2.24) is 5.32 Å². The van der Waals surface area contributed by atoms with Crippen LogP contribution in [0.5, 0.6) is 0 Å². The van der Waals surface area contributed by atoms with E-state index in [1.54, 1.807) is 0 Å². The zero-order valence-corrected chi connectivity index (χ0v) is 9.70. The molecule has 0 spiro atoms. The van der Waals surface area contributed by atoms with E-state index < -0.39 is 6.10 Å². The first-order valence-corrected chi connectivity index (χ1v) is 5.69. The largest absolute Gasteiger partial charge is 0.396 e. The highest BCUT2D eigenvalue weighted by Crippen LogP contribution is 2.44. The minimum atomic E-state index is -0.457. The van der Waals surface area contributed by atoms with Crippen LogP contribution in [-0.2, 0) is 4.74 Å². The number of ether oxygens (including phenoxy) is 1. The van der Waals surface area contributed by atoms with Gasteiger partial charge in [0, 0.05) is 25.1 Å². The SMILES string of the molecule is CC(C)OCC(O)CNCC1(CO)CC1. The summed E-state index contributed by atoms with van der Waals surface area (Å²) in [6.07, 6.45) is 1.89. The van der Waals surface area contributed by atoms with Crippen LogP contribution in [0.15, 0.2) is 0 Å². The number of hydrogen-bond acceptors (Lipinski definition) is 4. The molecule has 0 aromatic heterocycles. The van der Waals surface area contributed by atoms with Crippen molar-refractivity contribution in [2.45, 2.75) is 38.9 Å². The Kier molecular flexibility index (Phi) is 4.99. The third-order valence-corrected chi connectivity index (χ3v) is 2.79. The molecule has 15 heavy (non-hydrogen) atoms. The maximum atomic E-state index is 9.54. The van der Waals surface area contributed by atoms with E-state index in [-0.39, 0.29) is 18.1 Å². The first kappa shape index (κ1) is 12.9. The van der Waals surface area contributed by atoms with E-state index in [4.69, 9.17) is 9.84 Å². The molecule has 0 aliphatic heterocycles. The van der Waals surface area contributed by atoms with Gasteiger partial charge >= 0.3 is 0 Å². The van der Waals surface area contributed by atoms with E-state index in [9.17, 15) is 5.11 Å². The summed E-state index contributed by atoms with van der Waals surface area (Å²) in [5.74, 6) is 0. The van der Waals surface area contributed by atoms with Gasteiger partial charge in [-0.15, -0.1) is 0 Å². The molecular weight excluding hydrogens is 194 g/mol. The predicted octanol–water partition coefficient (Wildman–Crippen LogP) is 0.134. The average Bonchev–Trinajstić information content (AvgIpc) is 2.96. The molecular formula is C11H23NO3. The normalized spacial score (nSPS) is 20.6. The summed E-state index contributed by atoms with van der Waals surface area (Å²) in [5.41, 5.74) is 0.110. The summed E-state index contributed by atoms with van der Waals surface area (Å²) in [6.45, 7) is 5.85. The lowest BCUT2D eigenvalue weighted by Crippen LogP contribution is -2.35. The Morgan fingerprint density at radius 3 is 2.53 bits per heavy atom. The van der Waals surface area contributed by atoms with Crippen LogP contribution < -0.4 is 5.32 Å². The monoisotopic (exact) mass is 217 g/mol. The van der Waals surface area contributed by atoms with Gasteiger partial charge in [-0.1, -0.05) is 0 Å². The highest BCUT2D eigenvalue weighted by Gasteiger charge is 2.41. The van der Waals surface area contributed by atoms with Gasteiger partial charge in [0.15, 0.2) is 0 Å². The van der Waals surface area contributed by atoms with E-state index in [0.29, 0.717) is 13.2 Å². The van der Waals surface area contributed by atoms with Crippen LogP contribution in [-0.4, -0.2) is 48.7 Å². The molecule has 0 saturated heterocycles. The maximum Gasteiger partial charge on any atom is 0.0897 e. The molecule has 0 bridgehead atoms. The fraction of sp³-hybridized carbons (Fsp3) is 1.00. The minimum Gasteiger partial charge on any atom is -0.396 e. The molecule has 0 amide bonds. The Bertz CT molecular complexity index is 181. The Morgan fingerprint density at radius 1 is 1.40 bits per heavy atom. The van der Waals surface area contributed by atoms with E-state index in [0.717, 1.165) is 19.4 Å². The van der Waals surface area contributed by atoms with Crippen molar-refractivity contribution >= 4 is 0 Å². The molecule has 4 heteroatoms. The molecule has 1 unspecified atom stereocenters. The van der Waals surface area contributed by atoms with Gasteiger partial charge in [0.05, 0.1) is 18.8 Å². The highest BCUT2D eigenvalue weighted by atomic mass is 16.5. The second kappa shape index (κ2) is 5.80. The molecule has 0 aromatic rings. The van der Waals surface area contributed by atoms with Gasteiger partial charge in [-0.05, 0) is 26.7 Å². The van der Waals surface area contributed by atoms with Crippen molar-refractivity contribution < 1.29 is 14.9 Å². The quantitative estimate of drug-likeness (QED) is 0.541. The summed E-state index contributed by atoms with van der Waals surface area (Å²) in [5, 5.41) is 21.8. The summed E-state index contributed by atoms with van der Waals surface area (Å²) in [7, 11) is 0. The fourth-order valence-corrected chi connectivity index (χ4v) is 1.43. The van der Waals surface area contributed by atoms with Crippen molar-refractivity contribution in [2.24, 2.45) is 5.41 Å². The Balaban J connectivity index is 1.99. The van der Waals surface area contributed by atoms with Crippen LogP contribution >= 0.6 is 0 Å². The summed E-state index contributed by atoms with van der Waals surface area (Å²) in [6, 6.07) is 0. The average molecular weight is 217 g/mol. The molecule has 0 aromatic carbocycles. The number of hydrogen-bond donors (Lipinski definition) is 3. The van der Waals surface area contributed by atoms with Crippen LogP contribution in [0.25, 0.3) is 0 Å². The first-order valence-electron chi connectivity index (χ1n) is 5.69. The van der Waals surface area contributed by atoms with Gasteiger partial charge in [-0.3, -0.25) is 0 Å². The highest BCUT2D eigenvalue weighted by molar-refractivity contribution is 4.94. The van der Waals surface area contributed by atoms with E-state index >= 15 is 0 Å². The lowest BCUT2D eigenvalue weighted by atomic mass is 10.1. The molecule has 4 nitrogen and oxygen atoms in total. The fourth-order valence-electron chi connectivity index (χ4n) is 1.43. The zero-order valence-electron chi connectivity index (χ0n) is 9.70. The van der Waals surface area contributed by atoms with Crippen LogP contribution in [0.4, 0.5) is 0 Å². The summed E-state index contributed by atoms with van der Waals surface area (Å²) in [4.78, 5) is 0.